The molecule has 3 heterocycles. The van der Waals surface area contributed by atoms with E-state index in [9.17, 15) is 0 Å². The van der Waals surface area contributed by atoms with Gasteiger partial charge in [0.25, 0.3) is 0 Å². The number of anilines is 2. The Labute approximate surface area is 126 Å². The van der Waals surface area contributed by atoms with E-state index in [0.29, 0.717) is 37.0 Å². The van der Waals surface area contributed by atoms with Crippen LogP contribution in [0.15, 0.2) is 31.0 Å². The number of fused-ring (bicyclic) bond motifs is 1. The van der Waals surface area contributed by atoms with Gasteiger partial charge in [-0.05, 0) is 6.07 Å². The monoisotopic (exact) mass is 300 g/mol. The van der Waals surface area contributed by atoms with Crippen LogP contribution in [-0.4, -0.2) is 54.5 Å². The van der Waals surface area contributed by atoms with Crippen molar-refractivity contribution in [2.24, 2.45) is 0 Å². The predicted octanol–water partition coefficient (Wildman–Crippen LogP) is 0.133. The first-order valence-electron chi connectivity index (χ1n) is 6.90. The van der Waals surface area contributed by atoms with Gasteiger partial charge in [0, 0.05) is 25.5 Å². The SMILES string of the molecule is OCCn1ncc2c(NCCNc3ncccn3)ncnc21. The molecule has 0 aliphatic heterocycles. The molecule has 0 radical (unpaired) electrons. The van der Waals surface area contributed by atoms with Crippen molar-refractivity contribution < 1.29 is 5.11 Å². The zero-order valence-corrected chi connectivity index (χ0v) is 11.8. The Morgan fingerprint density at radius 2 is 1.86 bits per heavy atom. The lowest BCUT2D eigenvalue weighted by Crippen LogP contribution is -2.15. The van der Waals surface area contributed by atoms with E-state index in [1.807, 2.05) is 0 Å². The van der Waals surface area contributed by atoms with E-state index < -0.39 is 0 Å². The van der Waals surface area contributed by atoms with Gasteiger partial charge in [0.15, 0.2) is 5.65 Å². The Balaban J connectivity index is 1.62. The minimum atomic E-state index is 0.0184. The first-order chi connectivity index (χ1) is 10.9. The van der Waals surface area contributed by atoms with Gasteiger partial charge in [-0.1, -0.05) is 0 Å². The van der Waals surface area contributed by atoms with Crippen LogP contribution >= 0.6 is 0 Å². The lowest BCUT2D eigenvalue weighted by molar-refractivity contribution is 0.271. The van der Waals surface area contributed by atoms with Gasteiger partial charge in [-0.2, -0.15) is 5.10 Å². The van der Waals surface area contributed by atoms with Crippen LogP contribution in [0.3, 0.4) is 0 Å². The summed E-state index contributed by atoms with van der Waals surface area (Å²) in [5.41, 5.74) is 0.700. The van der Waals surface area contributed by atoms with Gasteiger partial charge < -0.3 is 15.7 Å². The molecule has 9 heteroatoms. The van der Waals surface area contributed by atoms with E-state index in [-0.39, 0.29) is 6.61 Å². The van der Waals surface area contributed by atoms with Gasteiger partial charge in [0.2, 0.25) is 5.95 Å². The minimum Gasteiger partial charge on any atom is -0.394 e. The van der Waals surface area contributed by atoms with E-state index in [0.717, 1.165) is 5.39 Å². The normalized spacial score (nSPS) is 10.8. The summed E-state index contributed by atoms with van der Waals surface area (Å²) in [6.07, 6.45) is 6.55. The van der Waals surface area contributed by atoms with Crippen molar-refractivity contribution in [2.75, 3.05) is 30.3 Å². The van der Waals surface area contributed by atoms with Gasteiger partial charge in [0.05, 0.1) is 24.7 Å². The number of hydrogen-bond donors (Lipinski definition) is 3. The molecule has 22 heavy (non-hydrogen) atoms. The highest BCUT2D eigenvalue weighted by atomic mass is 16.3. The molecule has 0 atom stereocenters. The molecule has 0 aromatic carbocycles. The van der Waals surface area contributed by atoms with Crippen LogP contribution in [0.5, 0.6) is 0 Å². The molecule has 0 fully saturated rings. The molecule has 0 saturated carbocycles. The van der Waals surface area contributed by atoms with Gasteiger partial charge in [-0.15, -0.1) is 0 Å². The lowest BCUT2D eigenvalue weighted by atomic mass is 10.4. The second-order valence-electron chi connectivity index (χ2n) is 4.48. The third-order valence-electron chi connectivity index (χ3n) is 3.01. The first-order valence-corrected chi connectivity index (χ1v) is 6.90. The van der Waals surface area contributed by atoms with Crippen molar-refractivity contribution in [2.45, 2.75) is 6.54 Å². The number of rotatable bonds is 7. The van der Waals surface area contributed by atoms with Gasteiger partial charge >= 0.3 is 0 Å². The highest BCUT2D eigenvalue weighted by molar-refractivity contribution is 5.86. The molecule has 0 saturated heterocycles. The smallest absolute Gasteiger partial charge is 0.222 e. The summed E-state index contributed by atoms with van der Waals surface area (Å²) in [6, 6.07) is 1.77. The minimum absolute atomic E-state index is 0.0184. The summed E-state index contributed by atoms with van der Waals surface area (Å²) in [6.45, 7) is 1.73. The van der Waals surface area contributed by atoms with Gasteiger partial charge in [0.1, 0.15) is 12.1 Å². The standard InChI is InChI=1S/C13H16N8O/c22-7-6-21-12-10(8-20-21)11(18-9-19-12)14-4-5-17-13-15-2-1-3-16-13/h1-3,8-9,22H,4-7H2,(H,14,18,19)(H,15,16,17). The average molecular weight is 300 g/mol. The van der Waals surface area contributed by atoms with Crippen molar-refractivity contribution in [3.05, 3.63) is 31.0 Å². The van der Waals surface area contributed by atoms with Crippen molar-refractivity contribution in [3.8, 4) is 0 Å². The highest BCUT2D eigenvalue weighted by Crippen LogP contribution is 2.17. The third kappa shape index (κ3) is 3.09. The summed E-state index contributed by atoms with van der Waals surface area (Å²) >= 11 is 0. The molecule has 0 unspecified atom stereocenters. The number of aliphatic hydroxyl groups excluding tert-OH is 1. The molecule has 0 amide bonds. The Bertz CT molecular complexity index is 729. The molecule has 0 spiro atoms. The van der Waals surface area contributed by atoms with E-state index in [2.05, 4.69) is 35.7 Å². The van der Waals surface area contributed by atoms with Crippen LogP contribution in [0.25, 0.3) is 11.0 Å². The molecule has 3 N–H and O–H groups in total. The Kier molecular flexibility index (Phi) is 4.35. The van der Waals surface area contributed by atoms with Crippen LogP contribution in [0, 0.1) is 0 Å². The van der Waals surface area contributed by atoms with Crippen molar-refractivity contribution in [1.29, 1.82) is 0 Å². The van der Waals surface area contributed by atoms with Crippen LogP contribution in [0.2, 0.25) is 0 Å². The van der Waals surface area contributed by atoms with Crippen molar-refractivity contribution in [1.82, 2.24) is 29.7 Å². The Hall–Kier alpha value is -2.81. The Morgan fingerprint density at radius 3 is 2.68 bits per heavy atom. The van der Waals surface area contributed by atoms with Gasteiger partial charge in [-0.3, -0.25) is 0 Å². The Morgan fingerprint density at radius 1 is 1.05 bits per heavy atom. The van der Waals surface area contributed by atoms with Crippen LogP contribution in [0.1, 0.15) is 0 Å². The van der Waals surface area contributed by atoms with Gasteiger partial charge in [-0.25, -0.2) is 24.6 Å². The maximum absolute atomic E-state index is 9.01. The molecule has 3 aromatic rings. The molecular formula is C13H16N8O. The highest BCUT2D eigenvalue weighted by Gasteiger charge is 2.08. The fraction of sp³-hybridized carbons (Fsp3) is 0.308. The zero-order valence-electron chi connectivity index (χ0n) is 11.8. The number of nitrogens with one attached hydrogen (secondary N) is 2. The molecule has 0 bridgehead atoms. The second kappa shape index (κ2) is 6.76. The number of aromatic nitrogens is 6. The quantitative estimate of drug-likeness (QED) is 0.528. The fourth-order valence-electron chi connectivity index (χ4n) is 2.04. The lowest BCUT2D eigenvalue weighted by Gasteiger charge is -2.07. The number of nitrogens with zero attached hydrogens (tertiary/aromatic N) is 6. The summed E-state index contributed by atoms with van der Waals surface area (Å²) in [5, 5.41) is 20.4. The molecule has 3 aromatic heterocycles. The zero-order chi connectivity index (χ0) is 15.2. The van der Waals surface area contributed by atoms with Crippen molar-refractivity contribution in [3.63, 3.8) is 0 Å². The number of hydrogen-bond acceptors (Lipinski definition) is 8. The second-order valence-corrected chi connectivity index (χ2v) is 4.48. The summed E-state index contributed by atoms with van der Waals surface area (Å²) in [5.74, 6) is 1.30. The van der Waals surface area contributed by atoms with Crippen LogP contribution in [0.4, 0.5) is 11.8 Å². The molecular weight excluding hydrogens is 284 g/mol. The third-order valence-corrected chi connectivity index (χ3v) is 3.01. The molecule has 9 nitrogen and oxygen atoms in total. The summed E-state index contributed by atoms with van der Waals surface area (Å²) in [4.78, 5) is 16.6. The van der Waals surface area contributed by atoms with Crippen LogP contribution in [-0.2, 0) is 6.54 Å². The van der Waals surface area contributed by atoms with Crippen LogP contribution < -0.4 is 10.6 Å². The van der Waals surface area contributed by atoms with E-state index in [1.54, 1.807) is 29.3 Å². The number of aliphatic hydroxyl groups is 1. The summed E-state index contributed by atoms with van der Waals surface area (Å²) in [7, 11) is 0. The van der Waals surface area contributed by atoms with Crippen molar-refractivity contribution >= 4 is 22.8 Å². The first kappa shape index (κ1) is 14.1. The molecule has 114 valence electrons. The predicted molar refractivity (Wildman–Crippen MR) is 81.4 cm³/mol. The summed E-state index contributed by atoms with van der Waals surface area (Å²) < 4.78 is 1.65. The average Bonchev–Trinajstić information content (AvgIpc) is 2.97. The topological polar surface area (TPSA) is 114 Å². The maximum Gasteiger partial charge on any atom is 0.222 e. The molecule has 0 aliphatic rings. The fourth-order valence-corrected chi connectivity index (χ4v) is 2.04. The van der Waals surface area contributed by atoms with E-state index in [4.69, 9.17) is 5.11 Å². The molecule has 3 rings (SSSR count). The largest absolute Gasteiger partial charge is 0.394 e. The molecule has 0 aliphatic carbocycles. The maximum atomic E-state index is 9.01. The van der Waals surface area contributed by atoms with E-state index >= 15 is 0 Å². The van der Waals surface area contributed by atoms with E-state index in [1.165, 1.54) is 6.33 Å².